The average molecular weight is 173 g/mol. The zero-order valence-electron chi connectivity index (χ0n) is 8.06. The van der Waals surface area contributed by atoms with Crippen molar-refractivity contribution in [1.82, 2.24) is 5.32 Å². The molecular formula is C9H19NO2. The molecule has 12 heavy (non-hydrogen) atoms. The van der Waals surface area contributed by atoms with Crippen LogP contribution in [0.25, 0.3) is 0 Å². The van der Waals surface area contributed by atoms with E-state index in [1.807, 2.05) is 14.0 Å². The molecule has 0 bridgehead atoms. The molecule has 0 unspecified atom stereocenters. The van der Waals surface area contributed by atoms with Gasteiger partial charge in [0.2, 0.25) is 0 Å². The second-order valence-corrected chi connectivity index (χ2v) is 2.80. The van der Waals surface area contributed by atoms with Crippen LogP contribution in [-0.4, -0.2) is 32.6 Å². The quantitative estimate of drug-likeness (QED) is 0.556. The molecule has 0 aliphatic rings. The van der Waals surface area contributed by atoms with E-state index in [0.29, 0.717) is 13.0 Å². The van der Waals surface area contributed by atoms with Crippen LogP contribution in [0.4, 0.5) is 0 Å². The van der Waals surface area contributed by atoms with Crippen LogP contribution < -0.4 is 5.32 Å². The third-order valence-electron chi connectivity index (χ3n) is 1.49. The molecule has 0 fully saturated rings. The van der Waals surface area contributed by atoms with Crippen molar-refractivity contribution >= 4 is 5.78 Å². The maximum atomic E-state index is 11.0. The van der Waals surface area contributed by atoms with Crippen LogP contribution in [0.2, 0.25) is 0 Å². The van der Waals surface area contributed by atoms with E-state index in [2.05, 4.69) is 5.32 Å². The third-order valence-corrected chi connectivity index (χ3v) is 1.49. The maximum absolute atomic E-state index is 11.0. The lowest BCUT2D eigenvalue weighted by Crippen LogP contribution is -2.13. The number of carbonyl (C=O) groups is 1. The lowest BCUT2D eigenvalue weighted by Gasteiger charge is -2.01. The van der Waals surface area contributed by atoms with E-state index in [1.54, 1.807) is 0 Å². The Bertz CT molecular complexity index is 103. The first kappa shape index (κ1) is 11.6. The standard InChI is InChI=1S/C9H19NO2/c1-3-7-12-8-9(11)5-4-6-10-2/h10H,3-8H2,1-2H3. The molecule has 0 aliphatic carbocycles. The van der Waals surface area contributed by atoms with Crippen molar-refractivity contribution in [2.24, 2.45) is 0 Å². The van der Waals surface area contributed by atoms with E-state index < -0.39 is 0 Å². The van der Waals surface area contributed by atoms with E-state index >= 15 is 0 Å². The van der Waals surface area contributed by atoms with Gasteiger partial charge in [0.15, 0.2) is 5.78 Å². The first-order valence-corrected chi connectivity index (χ1v) is 4.55. The number of Topliss-reactive ketones (excluding diaryl/α,β-unsaturated/α-hetero) is 1. The van der Waals surface area contributed by atoms with Crippen LogP contribution in [0.1, 0.15) is 26.2 Å². The molecule has 0 saturated heterocycles. The largest absolute Gasteiger partial charge is 0.374 e. The fraction of sp³-hybridized carbons (Fsp3) is 0.889. The van der Waals surface area contributed by atoms with Gasteiger partial charge in [-0.25, -0.2) is 0 Å². The van der Waals surface area contributed by atoms with Gasteiger partial charge in [-0.05, 0) is 26.4 Å². The van der Waals surface area contributed by atoms with Gasteiger partial charge in [-0.2, -0.15) is 0 Å². The molecular weight excluding hydrogens is 154 g/mol. The van der Waals surface area contributed by atoms with Gasteiger partial charge in [-0.3, -0.25) is 4.79 Å². The summed E-state index contributed by atoms with van der Waals surface area (Å²) in [5.41, 5.74) is 0. The molecule has 72 valence electrons. The number of ether oxygens (including phenoxy) is 1. The van der Waals surface area contributed by atoms with Crippen molar-refractivity contribution in [2.45, 2.75) is 26.2 Å². The van der Waals surface area contributed by atoms with Gasteiger partial charge >= 0.3 is 0 Å². The maximum Gasteiger partial charge on any atom is 0.158 e. The van der Waals surface area contributed by atoms with Gasteiger partial charge in [0.25, 0.3) is 0 Å². The molecule has 0 saturated carbocycles. The number of hydrogen-bond donors (Lipinski definition) is 1. The fourth-order valence-electron chi connectivity index (χ4n) is 0.865. The predicted molar refractivity (Wildman–Crippen MR) is 49.3 cm³/mol. The molecule has 0 aromatic carbocycles. The minimum Gasteiger partial charge on any atom is -0.374 e. The number of carbonyl (C=O) groups excluding carboxylic acids is 1. The average Bonchev–Trinajstić information content (AvgIpc) is 2.06. The van der Waals surface area contributed by atoms with Crippen molar-refractivity contribution in [3.05, 3.63) is 0 Å². The fourth-order valence-corrected chi connectivity index (χ4v) is 0.865. The van der Waals surface area contributed by atoms with Crippen molar-refractivity contribution in [1.29, 1.82) is 0 Å². The SMILES string of the molecule is CCCOCC(=O)CCCNC. The lowest BCUT2D eigenvalue weighted by atomic mass is 10.2. The highest BCUT2D eigenvalue weighted by Gasteiger charge is 1.99. The number of ketones is 1. The first-order valence-electron chi connectivity index (χ1n) is 4.55. The van der Waals surface area contributed by atoms with Gasteiger partial charge in [0.05, 0.1) is 0 Å². The Morgan fingerprint density at radius 1 is 1.50 bits per heavy atom. The van der Waals surface area contributed by atoms with Gasteiger partial charge in [0, 0.05) is 13.0 Å². The molecule has 0 spiro atoms. The summed E-state index contributed by atoms with van der Waals surface area (Å²) in [4.78, 5) is 11.0. The summed E-state index contributed by atoms with van der Waals surface area (Å²) in [6, 6.07) is 0. The highest BCUT2D eigenvalue weighted by molar-refractivity contribution is 5.79. The molecule has 0 atom stereocenters. The van der Waals surface area contributed by atoms with Gasteiger partial charge in [-0.1, -0.05) is 6.92 Å². The molecule has 1 N–H and O–H groups in total. The summed E-state index contributed by atoms with van der Waals surface area (Å²) in [7, 11) is 1.89. The summed E-state index contributed by atoms with van der Waals surface area (Å²) in [5.74, 6) is 0.207. The summed E-state index contributed by atoms with van der Waals surface area (Å²) in [5, 5.41) is 3.00. The van der Waals surface area contributed by atoms with Crippen LogP contribution in [0.3, 0.4) is 0 Å². The van der Waals surface area contributed by atoms with E-state index in [-0.39, 0.29) is 12.4 Å². The van der Waals surface area contributed by atoms with E-state index in [0.717, 1.165) is 19.4 Å². The van der Waals surface area contributed by atoms with Crippen molar-refractivity contribution in [3.63, 3.8) is 0 Å². The second-order valence-electron chi connectivity index (χ2n) is 2.80. The summed E-state index contributed by atoms with van der Waals surface area (Å²) < 4.78 is 5.11. The molecule has 3 heteroatoms. The topological polar surface area (TPSA) is 38.3 Å². The summed E-state index contributed by atoms with van der Waals surface area (Å²) in [6.45, 7) is 3.92. The summed E-state index contributed by atoms with van der Waals surface area (Å²) in [6.07, 6.45) is 2.51. The first-order chi connectivity index (χ1) is 5.81. The Labute approximate surface area is 74.5 Å². The Morgan fingerprint density at radius 3 is 2.83 bits per heavy atom. The number of hydrogen-bond acceptors (Lipinski definition) is 3. The normalized spacial score (nSPS) is 10.2. The zero-order chi connectivity index (χ0) is 9.23. The Balaban J connectivity index is 3.10. The van der Waals surface area contributed by atoms with Crippen LogP contribution >= 0.6 is 0 Å². The molecule has 0 heterocycles. The monoisotopic (exact) mass is 173 g/mol. The molecule has 0 rings (SSSR count). The molecule has 0 radical (unpaired) electrons. The number of rotatable bonds is 8. The minimum atomic E-state index is 0.207. The van der Waals surface area contributed by atoms with Gasteiger partial charge in [0.1, 0.15) is 6.61 Å². The highest BCUT2D eigenvalue weighted by atomic mass is 16.5. The van der Waals surface area contributed by atoms with Gasteiger partial charge < -0.3 is 10.1 Å². The van der Waals surface area contributed by atoms with Crippen LogP contribution in [-0.2, 0) is 9.53 Å². The third kappa shape index (κ3) is 7.69. The Kier molecular flexibility index (Phi) is 8.39. The van der Waals surface area contributed by atoms with Gasteiger partial charge in [-0.15, -0.1) is 0 Å². The number of nitrogens with one attached hydrogen (secondary N) is 1. The highest BCUT2D eigenvalue weighted by Crippen LogP contribution is 1.91. The zero-order valence-corrected chi connectivity index (χ0v) is 8.06. The van der Waals surface area contributed by atoms with E-state index in [9.17, 15) is 4.79 Å². The van der Waals surface area contributed by atoms with Crippen molar-refractivity contribution < 1.29 is 9.53 Å². The van der Waals surface area contributed by atoms with Crippen LogP contribution in [0.15, 0.2) is 0 Å². The molecule has 0 aromatic heterocycles. The second kappa shape index (κ2) is 8.68. The molecule has 0 aromatic rings. The molecule has 0 amide bonds. The smallest absolute Gasteiger partial charge is 0.158 e. The predicted octanol–water partition coefficient (Wildman–Crippen LogP) is 0.982. The van der Waals surface area contributed by atoms with Crippen LogP contribution in [0, 0.1) is 0 Å². The van der Waals surface area contributed by atoms with Crippen LogP contribution in [0.5, 0.6) is 0 Å². The summed E-state index contributed by atoms with van der Waals surface area (Å²) >= 11 is 0. The van der Waals surface area contributed by atoms with E-state index in [1.165, 1.54) is 0 Å². The van der Waals surface area contributed by atoms with E-state index in [4.69, 9.17) is 4.74 Å². The Morgan fingerprint density at radius 2 is 2.25 bits per heavy atom. The minimum absolute atomic E-state index is 0.207. The molecule has 3 nitrogen and oxygen atoms in total. The lowest BCUT2D eigenvalue weighted by molar-refractivity contribution is -0.123. The van der Waals surface area contributed by atoms with Crippen molar-refractivity contribution in [2.75, 3.05) is 26.8 Å². The Hall–Kier alpha value is -0.410. The molecule has 0 aliphatic heterocycles. The van der Waals surface area contributed by atoms with Crippen molar-refractivity contribution in [3.8, 4) is 0 Å².